The van der Waals surface area contributed by atoms with Gasteiger partial charge in [0, 0.05) is 12.8 Å². The molecule has 0 saturated carbocycles. The second kappa shape index (κ2) is 8.21. The molecule has 0 fully saturated rings. The van der Waals surface area contributed by atoms with Crippen molar-refractivity contribution in [2.45, 2.75) is 25.7 Å². The van der Waals surface area contributed by atoms with Crippen LogP contribution in [0.15, 0.2) is 18.2 Å². The predicted molar refractivity (Wildman–Crippen MR) is 74.7 cm³/mol. The molecule has 0 aromatic heterocycles. The molecule has 0 saturated heterocycles. The number of urea groups is 1. The largest absolute Gasteiger partial charge is 0.481 e. The van der Waals surface area contributed by atoms with E-state index < -0.39 is 23.7 Å². The van der Waals surface area contributed by atoms with Crippen LogP contribution < -0.4 is 10.6 Å². The average Bonchev–Trinajstić information content (AvgIpc) is 2.38. The predicted octanol–water partition coefficient (Wildman–Crippen LogP) is 2.77. The minimum atomic E-state index is -0.936. The summed E-state index contributed by atoms with van der Waals surface area (Å²) >= 11 is 5.76. The third kappa shape index (κ3) is 6.71. The summed E-state index contributed by atoms with van der Waals surface area (Å²) in [5, 5.41) is 12.9. The smallest absolute Gasteiger partial charge is 0.325 e. The Morgan fingerprint density at radius 1 is 1.19 bits per heavy atom. The van der Waals surface area contributed by atoms with Crippen molar-refractivity contribution >= 4 is 35.2 Å². The summed E-state index contributed by atoms with van der Waals surface area (Å²) in [5.74, 6) is -2.06. The molecule has 0 atom stereocenters. The van der Waals surface area contributed by atoms with E-state index in [4.69, 9.17) is 16.7 Å². The zero-order valence-corrected chi connectivity index (χ0v) is 11.7. The fraction of sp³-hybridized carbons (Fsp3) is 0.308. The lowest BCUT2D eigenvalue weighted by molar-refractivity contribution is -0.137. The third-order valence-corrected chi connectivity index (χ3v) is 2.80. The molecule has 0 bridgehead atoms. The van der Waals surface area contributed by atoms with Crippen molar-refractivity contribution in [2.75, 3.05) is 5.32 Å². The van der Waals surface area contributed by atoms with Gasteiger partial charge in [0.1, 0.15) is 5.82 Å². The van der Waals surface area contributed by atoms with Crippen molar-refractivity contribution in [3.05, 3.63) is 29.0 Å². The van der Waals surface area contributed by atoms with Gasteiger partial charge < -0.3 is 10.4 Å². The molecule has 114 valence electrons. The number of carbonyl (C=O) groups excluding carboxylic acids is 2. The average molecular weight is 317 g/mol. The van der Waals surface area contributed by atoms with Gasteiger partial charge in [-0.2, -0.15) is 0 Å². The first-order valence-corrected chi connectivity index (χ1v) is 6.54. The molecule has 1 rings (SSSR count). The molecule has 21 heavy (non-hydrogen) atoms. The monoisotopic (exact) mass is 316 g/mol. The quantitative estimate of drug-likeness (QED) is 0.703. The van der Waals surface area contributed by atoms with Crippen LogP contribution in [-0.4, -0.2) is 23.0 Å². The van der Waals surface area contributed by atoms with Crippen LogP contribution in [0.2, 0.25) is 5.02 Å². The Balaban J connectivity index is 2.37. The number of unbranched alkanes of at least 4 members (excludes halogenated alkanes) is 1. The maximum atomic E-state index is 13.0. The van der Waals surface area contributed by atoms with E-state index in [-0.39, 0.29) is 23.6 Å². The molecule has 3 amide bonds. The Bertz CT molecular complexity index is 551. The van der Waals surface area contributed by atoms with Gasteiger partial charge in [-0.05, 0) is 31.0 Å². The van der Waals surface area contributed by atoms with Gasteiger partial charge in [-0.15, -0.1) is 0 Å². The second-order valence-electron chi connectivity index (χ2n) is 4.23. The first kappa shape index (κ1) is 16.9. The number of halogens is 2. The minimum absolute atomic E-state index is 0.0254. The van der Waals surface area contributed by atoms with Crippen LogP contribution in [0, 0.1) is 5.82 Å². The highest BCUT2D eigenvalue weighted by atomic mass is 35.5. The van der Waals surface area contributed by atoms with Crippen LogP contribution in [0.4, 0.5) is 14.9 Å². The third-order valence-electron chi connectivity index (χ3n) is 2.47. The van der Waals surface area contributed by atoms with E-state index in [1.165, 1.54) is 6.07 Å². The summed E-state index contributed by atoms with van der Waals surface area (Å²) in [6.07, 6.45) is 0.697. The normalized spacial score (nSPS) is 10.0. The van der Waals surface area contributed by atoms with Gasteiger partial charge in [-0.3, -0.25) is 14.9 Å². The van der Waals surface area contributed by atoms with Crippen molar-refractivity contribution in [2.24, 2.45) is 0 Å². The molecule has 1 aromatic rings. The molecule has 0 radical (unpaired) electrons. The van der Waals surface area contributed by atoms with Crippen LogP contribution >= 0.6 is 11.6 Å². The van der Waals surface area contributed by atoms with E-state index in [0.29, 0.717) is 12.8 Å². The molecular formula is C13H14ClFN2O4. The lowest BCUT2D eigenvalue weighted by Crippen LogP contribution is -2.34. The molecule has 0 spiro atoms. The number of aliphatic carboxylic acids is 1. The summed E-state index contributed by atoms with van der Waals surface area (Å²) in [5.41, 5.74) is 0.0489. The number of rotatable bonds is 6. The molecule has 8 heteroatoms. The number of nitrogens with one attached hydrogen (secondary N) is 2. The summed E-state index contributed by atoms with van der Waals surface area (Å²) in [6.45, 7) is 0. The molecule has 0 aliphatic heterocycles. The van der Waals surface area contributed by atoms with E-state index in [9.17, 15) is 18.8 Å². The van der Waals surface area contributed by atoms with Crippen LogP contribution in [0.5, 0.6) is 0 Å². The van der Waals surface area contributed by atoms with E-state index in [0.717, 1.165) is 12.1 Å². The fourth-order valence-corrected chi connectivity index (χ4v) is 1.66. The second-order valence-corrected chi connectivity index (χ2v) is 4.63. The number of benzene rings is 1. The number of amides is 3. The SMILES string of the molecule is O=C(O)CCCCC(=O)NC(=O)Nc1cc(F)ccc1Cl. The number of hydrogen-bond acceptors (Lipinski definition) is 3. The molecule has 0 aliphatic rings. The fourth-order valence-electron chi connectivity index (χ4n) is 1.50. The number of hydrogen-bond donors (Lipinski definition) is 3. The van der Waals surface area contributed by atoms with Gasteiger partial charge in [0.05, 0.1) is 10.7 Å². The Labute approximate surface area is 125 Å². The van der Waals surface area contributed by atoms with Crippen LogP contribution in [0.1, 0.15) is 25.7 Å². The standard InChI is InChI=1S/C13H14ClFN2O4/c14-9-6-5-8(15)7-10(9)16-13(21)17-11(18)3-1-2-4-12(19)20/h5-7H,1-4H2,(H,19,20)(H2,16,17,18,21). The van der Waals surface area contributed by atoms with Gasteiger partial charge >= 0.3 is 12.0 Å². The molecule has 1 aromatic carbocycles. The number of carboxylic acid groups (broad SMARTS) is 1. The first-order valence-electron chi connectivity index (χ1n) is 6.16. The Morgan fingerprint density at radius 2 is 1.86 bits per heavy atom. The van der Waals surface area contributed by atoms with E-state index in [1.807, 2.05) is 5.32 Å². The highest BCUT2D eigenvalue weighted by molar-refractivity contribution is 6.33. The summed E-state index contributed by atoms with van der Waals surface area (Å²) in [4.78, 5) is 33.2. The van der Waals surface area contributed by atoms with E-state index >= 15 is 0 Å². The first-order chi connectivity index (χ1) is 9.88. The highest BCUT2D eigenvalue weighted by Crippen LogP contribution is 2.22. The highest BCUT2D eigenvalue weighted by Gasteiger charge is 2.10. The Hall–Kier alpha value is -2.15. The van der Waals surface area contributed by atoms with Crippen molar-refractivity contribution in [1.82, 2.24) is 5.32 Å². The van der Waals surface area contributed by atoms with Crippen molar-refractivity contribution in [1.29, 1.82) is 0 Å². The van der Waals surface area contributed by atoms with Gasteiger partial charge in [-0.25, -0.2) is 9.18 Å². The lowest BCUT2D eigenvalue weighted by Gasteiger charge is -2.08. The lowest BCUT2D eigenvalue weighted by atomic mass is 10.2. The topological polar surface area (TPSA) is 95.5 Å². The summed E-state index contributed by atoms with van der Waals surface area (Å²) in [6, 6.07) is 2.61. The van der Waals surface area contributed by atoms with Crippen molar-refractivity contribution in [3.8, 4) is 0 Å². The molecule has 0 aliphatic carbocycles. The molecule has 0 unspecified atom stereocenters. The summed E-state index contributed by atoms with van der Waals surface area (Å²) in [7, 11) is 0. The number of carbonyl (C=O) groups is 3. The van der Waals surface area contributed by atoms with Crippen molar-refractivity contribution in [3.63, 3.8) is 0 Å². The van der Waals surface area contributed by atoms with E-state index in [1.54, 1.807) is 0 Å². The zero-order valence-electron chi connectivity index (χ0n) is 11.0. The van der Waals surface area contributed by atoms with Crippen LogP contribution in [0.25, 0.3) is 0 Å². The maximum Gasteiger partial charge on any atom is 0.325 e. The Morgan fingerprint density at radius 3 is 2.52 bits per heavy atom. The minimum Gasteiger partial charge on any atom is -0.481 e. The Kier molecular flexibility index (Phi) is 6.61. The van der Waals surface area contributed by atoms with E-state index in [2.05, 4.69) is 5.32 Å². The molecule has 0 heterocycles. The molecule has 3 N–H and O–H groups in total. The van der Waals surface area contributed by atoms with Gasteiger partial charge in [0.15, 0.2) is 0 Å². The van der Waals surface area contributed by atoms with Crippen LogP contribution in [-0.2, 0) is 9.59 Å². The van der Waals surface area contributed by atoms with Crippen LogP contribution in [0.3, 0.4) is 0 Å². The number of anilines is 1. The summed E-state index contributed by atoms with van der Waals surface area (Å²) < 4.78 is 13.0. The molecular weight excluding hydrogens is 303 g/mol. The number of imide groups is 1. The van der Waals surface area contributed by atoms with Crippen molar-refractivity contribution < 1.29 is 23.9 Å². The van der Waals surface area contributed by atoms with Gasteiger partial charge in [-0.1, -0.05) is 11.6 Å². The maximum absolute atomic E-state index is 13.0. The molecule has 6 nitrogen and oxygen atoms in total. The van der Waals surface area contributed by atoms with Gasteiger partial charge in [0.2, 0.25) is 5.91 Å². The number of carboxylic acids is 1. The van der Waals surface area contributed by atoms with Gasteiger partial charge in [0.25, 0.3) is 0 Å². The zero-order chi connectivity index (χ0) is 15.8.